The van der Waals surface area contributed by atoms with Crippen molar-refractivity contribution in [3.63, 3.8) is 0 Å². The molecule has 18 heavy (non-hydrogen) atoms. The molecule has 1 aliphatic heterocycles. The van der Waals surface area contributed by atoms with E-state index in [0.29, 0.717) is 5.75 Å². The predicted molar refractivity (Wildman–Crippen MR) is 71.2 cm³/mol. The highest BCUT2D eigenvalue weighted by atomic mass is 32.2. The number of nitrogens with one attached hydrogen (secondary N) is 1. The number of ether oxygens (including phenoxy) is 1. The summed E-state index contributed by atoms with van der Waals surface area (Å²) in [7, 11) is 0. The van der Waals surface area contributed by atoms with Gasteiger partial charge in [0.05, 0.1) is 18.8 Å². The molecule has 102 valence electrons. The Kier molecular flexibility index (Phi) is 5.64. The van der Waals surface area contributed by atoms with Crippen LogP contribution >= 0.6 is 23.1 Å². The van der Waals surface area contributed by atoms with Gasteiger partial charge in [-0.3, -0.25) is 0 Å². The van der Waals surface area contributed by atoms with Crippen molar-refractivity contribution in [2.75, 3.05) is 30.8 Å². The van der Waals surface area contributed by atoms with Gasteiger partial charge >= 0.3 is 0 Å². The van der Waals surface area contributed by atoms with Gasteiger partial charge in [0.2, 0.25) is 5.13 Å². The van der Waals surface area contributed by atoms with Gasteiger partial charge in [0, 0.05) is 18.9 Å². The molecule has 6 nitrogen and oxygen atoms in total. The molecule has 0 saturated carbocycles. The number of nitrogens with zero attached hydrogens (tertiary/aromatic N) is 2. The minimum atomic E-state index is -0.706. The molecule has 2 atom stereocenters. The number of aliphatic hydroxyl groups excluding tert-OH is 2. The summed E-state index contributed by atoms with van der Waals surface area (Å²) in [5.41, 5.74) is 0. The van der Waals surface area contributed by atoms with E-state index in [9.17, 15) is 5.11 Å². The van der Waals surface area contributed by atoms with Crippen LogP contribution in [0.1, 0.15) is 12.8 Å². The quantitative estimate of drug-likeness (QED) is 0.633. The number of aromatic nitrogens is 2. The predicted octanol–water partition coefficient (Wildman–Crippen LogP) is 0.574. The van der Waals surface area contributed by atoms with Crippen molar-refractivity contribution in [3.8, 4) is 0 Å². The van der Waals surface area contributed by atoms with Crippen LogP contribution in [0.15, 0.2) is 4.34 Å². The highest BCUT2D eigenvalue weighted by Gasteiger charge is 2.16. The van der Waals surface area contributed by atoms with Crippen molar-refractivity contribution in [1.29, 1.82) is 0 Å². The molecule has 0 aliphatic carbocycles. The van der Waals surface area contributed by atoms with Crippen LogP contribution in [0.2, 0.25) is 0 Å². The second kappa shape index (κ2) is 7.25. The van der Waals surface area contributed by atoms with Crippen molar-refractivity contribution in [2.45, 2.75) is 29.4 Å². The summed E-state index contributed by atoms with van der Waals surface area (Å²) in [5.74, 6) is 0.427. The number of thioether (sulfide) groups is 1. The average molecular weight is 291 g/mol. The number of anilines is 1. The van der Waals surface area contributed by atoms with E-state index in [1.807, 2.05) is 0 Å². The Labute approximate surface area is 114 Å². The van der Waals surface area contributed by atoms with E-state index < -0.39 is 6.10 Å². The minimum absolute atomic E-state index is 0.226. The Morgan fingerprint density at radius 3 is 3.17 bits per heavy atom. The first kappa shape index (κ1) is 14.0. The number of hydrogen-bond donors (Lipinski definition) is 3. The number of hydrogen-bond acceptors (Lipinski definition) is 8. The lowest BCUT2D eigenvalue weighted by molar-refractivity contribution is 0.113. The van der Waals surface area contributed by atoms with Gasteiger partial charge in [-0.05, 0) is 12.8 Å². The fourth-order valence-electron chi connectivity index (χ4n) is 1.57. The first-order valence-electron chi connectivity index (χ1n) is 5.88. The molecule has 0 spiro atoms. The van der Waals surface area contributed by atoms with E-state index in [-0.39, 0.29) is 12.7 Å². The highest BCUT2D eigenvalue weighted by molar-refractivity contribution is 8.01. The molecule has 1 aromatic heterocycles. The summed E-state index contributed by atoms with van der Waals surface area (Å²) < 4.78 is 6.29. The number of rotatable bonds is 7. The maximum atomic E-state index is 9.23. The van der Waals surface area contributed by atoms with Crippen molar-refractivity contribution in [1.82, 2.24) is 10.2 Å². The lowest BCUT2D eigenvalue weighted by Gasteiger charge is -2.08. The molecule has 1 aliphatic rings. The van der Waals surface area contributed by atoms with Crippen LogP contribution in [0.4, 0.5) is 5.13 Å². The number of aliphatic hydroxyl groups is 2. The first-order valence-corrected chi connectivity index (χ1v) is 7.69. The van der Waals surface area contributed by atoms with Gasteiger partial charge in [-0.25, -0.2) is 0 Å². The molecule has 0 radical (unpaired) electrons. The van der Waals surface area contributed by atoms with Gasteiger partial charge < -0.3 is 20.3 Å². The lowest BCUT2D eigenvalue weighted by Crippen LogP contribution is -2.18. The molecular weight excluding hydrogens is 274 g/mol. The molecule has 0 aromatic carbocycles. The second-order valence-electron chi connectivity index (χ2n) is 4.04. The lowest BCUT2D eigenvalue weighted by atomic mass is 10.2. The van der Waals surface area contributed by atoms with Gasteiger partial charge in [-0.15, -0.1) is 10.2 Å². The van der Waals surface area contributed by atoms with Gasteiger partial charge in [0.1, 0.15) is 0 Å². The SMILES string of the molecule is OC[C@@H](O)CSc1nnc(NC[C@H]2CCCO2)s1. The van der Waals surface area contributed by atoms with Crippen LogP contribution in [0.25, 0.3) is 0 Å². The van der Waals surface area contributed by atoms with Gasteiger partial charge in [-0.2, -0.15) is 0 Å². The molecule has 0 bridgehead atoms. The van der Waals surface area contributed by atoms with E-state index >= 15 is 0 Å². The average Bonchev–Trinajstić information content (AvgIpc) is 3.04. The maximum absolute atomic E-state index is 9.23. The minimum Gasteiger partial charge on any atom is -0.394 e. The van der Waals surface area contributed by atoms with Crippen LogP contribution in [-0.2, 0) is 4.74 Å². The zero-order valence-corrected chi connectivity index (χ0v) is 11.5. The van der Waals surface area contributed by atoms with E-state index in [1.54, 1.807) is 0 Å². The van der Waals surface area contributed by atoms with E-state index in [2.05, 4.69) is 15.5 Å². The summed E-state index contributed by atoms with van der Waals surface area (Å²) >= 11 is 2.85. The van der Waals surface area contributed by atoms with Gasteiger partial charge in [0.15, 0.2) is 4.34 Å². The molecule has 1 fully saturated rings. The second-order valence-corrected chi connectivity index (χ2v) is 6.28. The summed E-state index contributed by atoms with van der Waals surface area (Å²) in [6.45, 7) is 1.39. The van der Waals surface area contributed by atoms with E-state index in [4.69, 9.17) is 9.84 Å². The fraction of sp³-hybridized carbons (Fsp3) is 0.800. The normalized spacial score (nSPS) is 21.1. The van der Waals surface area contributed by atoms with Crippen molar-refractivity contribution in [3.05, 3.63) is 0 Å². The summed E-state index contributed by atoms with van der Waals surface area (Å²) in [6.07, 6.45) is 1.79. The summed E-state index contributed by atoms with van der Waals surface area (Å²) in [5, 5.41) is 29.9. The monoisotopic (exact) mass is 291 g/mol. The molecule has 2 rings (SSSR count). The largest absolute Gasteiger partial charge is 0.394 e. The molecular formula is C10H17N3O3S2. The van der Waals surface area contributed by atoms with Crippen molar-refractivity contribution < 1.29 is 14.9 Å². The zero-order chi connectivity index (χ0) is 12.8. The van der Waals surface area contributed by atoms with Crippen LogP contribution < -0.4 is 5.32 Å². The molecule has 1 saturated heterocycles. The van der Waals surface area contributed by atoms with Crippen LogP contribution in [-0.4, -0.2) is 58.1 Å². The summed E-state index contributed by atoms with van der Waals surface area (Å²) in [4.78, 5) is 0. The molecule has 2 heterocycles. The van der Waals surface area contributed by atoms with Gasteiger partial charge in [0.25, 0.3) is 0 Å². The van der Waals surface area contributed by atoms with Crippen molar-refractivity contribution >= 4 is 28.2 Å². The first-order chi connectivity index (χ1) is 8.78. The third kappa shape index (κ3) is 4.36. The van der Waals surface area contributed by atoms with Crippen LogP contribution in [0, 0.1) is 0 Å². The third-order valence-corrected chi connectivity index (χ3v) is 4.68. The standard InChI is InChI=1S/C10H17N3O3S2/c14-5-7(15)6-17-10-13-12-9(18-10)11-4-8-2-1-3-16-8/h7-8,14-15H,1-6H2,(H,11,12)/t7-,8-/m1/s1. The molecule has 1 aromatic rings. The molecule has 0 unspecified atom stereocenters. The highest BCUT2D eigenvalue weighted by Crippen LogP contribution is 2.26. The Balaban J connectivity index is 1.71. The van der Waals surface area contributed by atoms with Gasteiger partial charge in [-0.1, -0.05) is 23.1 Å². The topological polar surface area (TPSA) is 87.5 Å². The fourth-order valence-corrected chi connectivity index (χ4v) is 3.27. The Bertz CT molecular complexity index is 358. The Hall–Kier alpha value is -0.410. The third-order valence-electron chi connectivity index (χ3n) is 2.52. The molecule has 0 amide bonds. The van der Waals surface area contributed by atoms with Crippen LogP contribution in [0.5, 0.6) is 0 Å². The smallest absolute Gasteiger partial charge is 0.206 e. The Morgan fingerprint density at radius 2 is 2.44 bits per heavy atom. The molecule has 3 N–H and O–H groups in total. The molecule has 8 heteroatoms. The van der Waals surface area contributed by atoms with Crippen molar-refractivity contribution in [2.24, 2.45) is 0 Å². The van der Waals surface area contributed by atoms with E-state index in [1.165, 1.54) is 23.1 Å². The summed E-state index contributed by atoms with van der Waals surface area (Å²) in [6, 6.07) is 0. The maximum Gasteiger partial charge on any atom is 0.206 e. The zero-order valence-electron chi connectivity index (χ0n) is 9.91. The van der Waals surface area contributed by atoms with E-state index in [0.717, 1.165) is 35.5 Å². The Morgan fingerprint density at radius 1 is 1.56 bits per heavy atom. The van der Waals surface area contributed by atoms with Crippen LogP contribution in [0.3, 0.4) is 0 Å².